The second kappa shape index (κ2) is 15.6. The summed E-state index contributed by atoms with van der Waals surface area (Å²) in [5.74, 6) is 0.737. The second-order valence-electron chi connectivity index (χ2n) is 10.3. The minimum Gasteiger partial charge on any atom is -0.495 e. The van der Waals surface area contributed by atoms with E-state index in [1.165, 1.54) is 51.6 Å². The summed E-state index contributed by atoms with van der Waals surface area (Å²) in [5.41, 5.74) is 2.28. The number of benzene rings is 2. The number of likely N-dealkylation sites (tertiary alicyclic amines) is 1. The van der Waals surface area contributed by atoms with Crippen LogP contribution >= 0.6 is 23.2 Å². The van der Waals surface area contributed by atoms with Crippen LogP contribution in [0.3, 0.4) is 0 Å². The van der Waals surface area contributed by atoms with E-state index in [4.69, 9.17) is 37.4 Å². The Morgan fingerprint density at radius 2 is 1.70 bits per heavy atom. The second-order valence-corrected chi connectivity index (χ2v) is 11.1. The molecule has 13 nitrogen and oxygen atoms in total. The summed E-state index contributed by atoms with van der Waals surface area (Å²) in [5, 5.41) is 8.96. The van der Waals surface area contributed by atoms with Gasteiger partial charge in [-0.3, -0.25) is 19.4 Å². The molecule has 0 unspecified atom stereocenters. The van der Waals surface area contributed by atoms with Crippen LogP contribution in [-0.4, -0.2) is 73.9 Å². The summed E-state index contributed by atoms with van der Waals surface area (Å²) in [7, 11) is 4.38. The molecule has 244 valence electrons. The van der Waals surface area contributed by atoms with Crippen molar-refractivity contribution in [3.05, 3.63) is 64.9 Å². The van der Waals surface area contributed by atoms with Crippen molar-refractivity contribution in [3.63, 3.8) is 0 Å². The quantitative estimate of drug-likeness (QED) is 0.163. The van der Waals surface area contributed by atoms with Crippen molar-refractivity contribution in [3.8, 4) is 11.5 Å². The molecule has 1 saturated heterocycles. The highest BCUT2D eigenvalue weighted by molar-refractivity contribution is 6.41. The van der Waals surface area contributed by atoms with Gasteiger partial charge in [-0.1, -0.05) is 35.8 Å². The molecule has 1 aliphatic heterocycles. The highest BCUT2D eigenvalue weighted by Gasteiger charge is 2.24. The van der Waals surface area contributed by atoms with Gasteiger partial charge in [0, 0.05) is 39.2 Å². The Kier molecular flexibility index (Phi) is 11.6. The van der Waals surface area contributed by atoms with Crippen molar-refractivity contribution in [2.24, 2.45) is 0 Å². The molecule has 3 N–H and O–H groups in total. The van der Waals surface area contributed by atoms with E-state index in [9.17, 15) is 14.4 Å². The van der Waals surface area contributed by atoms with Crippen molar-refractivity contribution >= 4 is 69.8 Å². The Morgan fingerprint density at radius 3 is 2.30 bits per heavy atom. The lowest BCUT2D eigenvalue weighted by molar-refractivity contribution is -0.146. The molecular formula is C31H35Cl2N7O6. The average Bonchev–Trinajstić information content (AvgIpc) is 3.06. The van der Waals surface area contributed by atoms with Gasteiger partial charge >= 0.3 is 12.0 Å². The third-order valence-electron chi connectivity index (χ3n) is 7.37. The van der Waals surface area contributed by atoms with Crippen LogP contribution in [0.15, 0.2) is 49.3 Å². The van der Waals surface area contributed by atoms with E-state index in [0.29, 0.717) is 17.2 Å². The topological polar surface area (TPSA) is 147 Å². The molecule has 1 fully saturated rings. The molecule has 3 amide bonds. The van der Waals surface area contributed by atoms with Gasteiger partial charge in [-0.2, -0.15) is 0 Å². The maximum absolute atomic E-state index is 13.2. The molecule has 4 rings (SSSR count). The van der Waals surface area contributed by atoms with Crippen molar-refractivity contribution in [2.45, 2.75) is 25.7 Å². The number of ether oxygens (including phenoxy) is 3. The Balaban J connectivity index is 1.51. The van der Waals surface area contributed by atoms with Crippen molar-refractivity contribution in [1.29, 1.82) is 0 Å². The van der Waals surface area contributed by atoms with E-state index in [-0.39, 0.29) is 57.6 Å². The molecule has 1 aromatic heterocycles. The first-order chi connectivity index (χ1) is 22.0. The fourth-order valence-corrected chi connectivity index (χ4v) is 5.41. The lowest BCUT2D eigenvalue weighted by atomic mass is 9.89. The number of aromatic nitrogens is 2. The Hall–Kier alpha value is -4.59. The van der Waals surface area contributed by atoms with Gasteiger partial charge in [-0.15, -0.1) is 0 Å². The number of piperidine rings is 1. The molecule has 46 heavy (non-hydrogen) atoms. The number of amides is 3. The molecule has 0 aliphatic carbocycles. The number of methoxy groups -OCH3 is 2. The number of hydrogen-bond acceptors (Lipinski definition) is 10. The SMILES string of the molecule is C=CC(=O)Nc1cc(C2CCN(COC(C)=O)CC2)ccc1Nc1cc(N(C)C(=O)Nc2c(Cl)c(OC)cc(OC)c2Cl)ncn1. The lowest BCUT2D eigenvalue weighted by Crippen LogP contribution is -2.35. The smallest absolute Gasteiger partial charge is 0.327 e. The van der Waals surface area contributed by atoms with E-state index in [1.807, 2.05) is 18.2 Å². The van der Waals surface area contributed by atoms with Crippen LogP contribution in [0.25, 0.3) is 0 Å². The predicted molar refractivity (Wildman–Crippen MR) is 178 cm³/mol. The van der Waals surface area contributed by atoms with Crippen LogP contribution in [-0.2, 0) is 14.3 Å². The van der Waals surface area contributed by atoms with Gasteiger partial charge in [0.15, 0.2) is 0 Å². The summed E-state index contributed by atoms with van der Waals surface area (Å²) in [6.07, 6.45) is 4.23. The Morgan fingerprint density at radius 1 is 1.02 bits per heavy atom. The maximum atomic E-state index is 13.2. The standard InChI is InChI=1S/C31H35Cl2N7O6/c1-6-27(42)37-22-13-20(19-9-11-40(12-10-19)17-46-18(2)41)7-8-21(22)36-25-15-26(35-16-34-25)39(3)31(43)38-30-28(32)23(44-4)14-24(45-5)29(30)33/h6-8,13-16,19H,1,9-12,17H2,2-5H3,(H,37,42)(H,38,43)(H,34,35,36). The number of carbonyl (C=O) groups is 3. The van der Waals surface area contributed by atoms with Crippen LogP contribution in [0.4, 0.5) is 33.5 Å². The van der Waals surface area contributed by atoms with Crippen LogP contribution in [0.5, 0.6) is 11.5 Å². The molecule has 0 atom stereocenters. The van der Waals surface area contributed by atoms with Gasteiger partial charge in [0.2, 0.25) is 5.91 Å². The normalized spacial score (nSPS) is 13.3. The van der Waals surface area contributed by atoms with E-state index in [2.05, 4.69) is 37.4 Å². The van der Waals surface area contributed by atoms with Crippen molar-refractivity contribution in [1.82, 2.24) is 14.9 Å². The number of rotatable bonds is 11. The van der Waals surface area contributed by atoms with Crippen LogP contribution in [0.2, 0.25) is 10.0 Å². The van der Waals surface area contributed by atoms with Crippen LogP contribution in [0.1, 0.15) is 31.2 Å². The van der Waals surface area contributed by atoms with Crippen molar-refractivity contribution in [2.75, 3.05) is 61.9 Å². The number of halogens is 2. The molecule has 0 saturated carbocycles. The van der Waals surface area contributed by atoms with E-state index < -0.39 is 6.03 Å². The maximum Gasteiger partial charge on any atom is 0.327 e. The third kappa shape index (κ3) is 8.36. The largest absolute Gasteiger partial charge is 0.495 e. The highest BCUT2D eigenvalue weighted by Crippen LogP contribution is 2.44. The third-order valence-corrected chi connectivity index (χ3v) is 8.12. The molecule has 0 bridgehead atoms. The lowest BCUT2D eigenvalue weighted by Gasteiger charge is -2.31. The van der Waals surface area contributed by atoms with Gasteiger partial charge in [0.25, 0.3) is 0 Å². The average molecular weight is 673 g/mol. The van der Waals surface area contributed by atoms with Crippen LogP contribution in [0, 0.1) is 0 Å². The molecule has 1 aliphatic rings. The summed E-state index contributed by atoms with van der Waals surface area (Å²) >= 11 is 12.8. The first kappa shape index (κ1) is 34.3. The van der Waals surface area contributed by atoms with Crippen molar-refractivity contribution < 1.29 is 28.6 Å². The molecule has 15 heteroatoms. The zero-order chi connectivity index (χ0) is 33.4. The monoisotopic (exact) mass is 671 g/mol. The fourth-order valence-electron chi connectivity index (χ4n) is 4.82. The summed E-state index contributed by atoms with van der Waals surface area (Å²) < 4.78 is 15.7. The highest BCUT2D eigenvalue weighted by atomic mass is 35.5. The Bertz CT molecular complexity index is 1590. The molecule has 0 radical (unpaired) electrons. The fraction of sp³-hybridized carbons (Fsp3) is 0.323. The number of esters is 1. The number of nitrogens with zero attached hydrogens (tertiary/aromatic N) is 4. The minimum atomic E-state index is -0.592. The summed E-state index contributed by atoms with van der Waals surface area (Å²) in [6.45, 7) is 6.79. The van der Waals surface area contributed by atoms with E-state index >= 15 is 0 Å². The first-order valence-corrected chi connectivity index (χ1v) is 15.0. The van der Waals surface area contributed by atoms with Gasteiger partial charge in [-0.05, 0) is 42.5 Å². The summed E-state index contributed by atoms with van der Waals surface area (Å²) in [6, 6.07) is 8.27. The number of anilines is 5. The first-order valence-electron chi connectivity index (χ1n) is 14.2. The number of carbonyl (C=O) groups excluding carboxylic acids is 3. The van der Waals surface area contributed by atoms with Gasteiger partial charge in [-0.25, -0.2) is 14.8 Å². The van der Waals surface area contributed by atoms with Gasteiger partial charge < -0.3 is 30.2 Å². The molecule has 0 spiro atoms. The minimum absolute atomic E-state index is 0.102. The van der Waals surface area contributed by atoms with E-state index in [1.54, 1.807) is 6.07 Å². The molecule has 3 aromatic rings. The molecule has 2 heterocycles. The zero-order valence-electron chi connectivity index (χ0n) is 25.9. The number of urea groups is 1. The van der Waals surface area contributed by atoms with Gasteiger partial charge in [0.1, 0.15) is 46.2 Å². The van der Waals surface area contributed by atoms with E-state index in [0.717, 1.165) is 31.5 Å². The Labute approximate surface area is 276 Å². The summed E-state index contributed by atoms with van der Waals surface area (Å²) in [4.78, 5) is 48.6. The predicted octanol–water partition coefficient (Wildman–Crippen LogP) is 6.04. The zero-order valence-corrected chi connectivity index (χ0v) is 27.4. The van der Waals surface area contributed by atoms with Crippen LogP contribution < -0.4 is 30.3 Å². The molecular weight excluding hydrogens is 637 g/mol. The number of hydrogen-bond donors (Lipinski definition) is 3. The molecule has 2 aromatic carbocycles. The van der Waals surface area contributed by atoms with Gasteiger partial charge in [0.05, 0.1) is 31.3 Å². The number of nitrogens with one attached hydrogen (secondary N) is 3.